The van der Waals surface area contributed by atoms with Crippen molar-refractivity contribution in [3.05, 3.63) is 180 Å². The molecule has 0 saturated heterocycles. The molecule has 7 aromatic rings. The predicted molar refractivity (Wildman–Crippen MR) is 200 cm³/mol. The molecule has 6 aromatic carbocycles. The van der Waals surface area contributed by atoms with Gasteiger partial charge in [-0.1, -0.05) is 121 Å². The predicted octanol–water partition coefficient (Wildman–Crippen LogP) is 8.44. The number of aromatic nitrogens is 1. The lowest BCUT2D eigenvalue weighted by atomic mass is 9.88. The van der Waals surface area contributed by atoms with Crippen molar-refractivity contribution in [3.63, 3.8) is 0 Å². The van der Waals surface area contributed by atoms with E-state index in [4.69, 9.17) is 0 Å². The van der Waals surface area contributed by atoms with Crippen molar-refractivity contribution in [3.8, 4) is 16.9 Å². The molecule has 1 heterocycles. The molecule has 50 heavy (non-hydrogen) atoms. The Morgan fingerprint density at radius 1 is 0.640 bits per heavy atom. The topological polar surface area (TPSA) is 91.3 Å². The van der Waals surface area contributed by atoms with Gasteiger partial charge in [-0.05, 0) is 75.3 Å². The molecule has 1 aromatic heterocycles. The first kappa shape index (κ1) is 32.3. The molecule has 0 aliphatic heterocycles. The van der Waals surface area contributed by atoms with Crippen LogP contribution in [0, 0.1) is 0 Å². The van der Waals surface area contributed by atoms with E-state index in [0.29, 0.717) is 30.5 Å². The minimum atomic E-state index is -0.810. The molecule has 2 amide bonds. The fourth-order valence-electron chi connectivity index (χ4n) is 6.59. The summed E-state index contributed by atoms with van der Waals surface area (Å²) in [6, 6.07) is 48.6. The molecule has 3 N–H and O–H groups in total. The number of hydrogen-bond acceptors (Lipinski definition) is 4. The molecule has 1 atom stereocenters. The molecule has 0 unspecified atom stereocenters. The highest BCUT2D eigenvalue weighted by molar-refractivity contribution is 5.99. The monoisotopic (exact) mass is 655 g/mol. The molecular weight excluding hydrogens is 619 g/mol. The van der Waals surface area contributed by atoms with Crippen LogP contribution in [-0.4, -0.2) is 34.5 Å². The molecule has 0 fully saturated rings. The fraction of sp³-hybridized carbons (Fsp3) is 0.114. The second-order valence-electron chi connectivity index (χ2n) is 12.5. The van der Waals surface area contributed by atoms with Gasteiger partial charge in [0.1, 0.15) is 17.3 Å². The average Bonchev–Trinajstić information content (AvgIpc) is 3.17. The first-order valence-corrected chi connectivity index (χ1v) is 16.9. The Labute approximate surface area is 291 Å². The van der Waals surface area contributed by atoms with E-state index < -0.39 is 6.04 Å². The number of pyridine rings is 1. The number of carbonyl (C=O) groups excluding carboxylic acids is 2. The van der Waals surface area contributed by atoms with Crippen molar-refractivity contribution in [1.82, 2.24) is 15.6 Å². The van der Waals surface area contributed by atoms with Gasteiger partial charge in [0.05, 0.1) is 0 Å². The molecule has 246 valence electrons. The molecule has 0 spiro atoms. The van der Waals surface area contributed by atoms with Gasteiger partial charge >= 0.3 is 0 Å². The van der Waals surface area contributed by atoms with E-state index in [9.17, 15) is 14.7 Å². The summed E-state index contributed by atoms with van der Waals surface area (Å²) in [5, 5.41) is 19.8. The Morgan fingerprint density at radius 3 is 2.10 bits per heavy atom. The molecule has 6 nitrogen and oxygen atoms in total. The SMILES string of the molecule is O=C(N[C@@H](Cc1ccc2ccccc2c1)C(=O)NCCC(c1ccccc1)c1ccccc1)c1cccc(-c2cc(O)c3ncccc3c2)c1. The number of hydrogen-bond donors (Lipinski definition) is 3. The van der Waals surface area contributed by atoms with E-state index in [2.05, 4.69) is 52.0 Å². The van der Waals surface area contributed by atoms with Crippen LogP contribution in [0.2, 0.25) is 0 Å². The van der Waals surface area contributed by atoms with Gasteiger partial charge in [-0.25, -0.2) is 0 Å². The summed E-state index contributed by atoms with van der Waals surface area (Å²) >= 11 is 0. The van der Waals surface area contributed by atoms with Crippen molar-refractivity contribution >= 4 is 33.5 Å². The lowest BCUT2D eigenvalue weighted by molar-refractivity contribution is -0.122. The van der Waals surface area contributed by atoms with Crippen molar-refractivity contribution in [1.29, 1.82) is 0 Å². The molecule has 0 aliphatic carbocycles. The number of benzene rings is 6. The maximum Gasteiger partial charge on any atom is 0.251 e. The highest BCUT2D eigenvalue weighted by Crippen LogP contribution is 2.31. The molecule has 0 bridgehead atoms. The van der Waals surface area contributed by atoms with Gasteiger partial charge in [0.15, 0.2) is 0 Å². The Balaban J connectivity index is 1.12. The van der Waals surface area contributed by atoms with E-state index >= 15 is 0 Å². The smallest absolute Gasteiger partial charge is 0.251 e. The number of rotatable bonds is 11. The zero-order chi connectivity index (χ0) is 34.3. The summed E-state index contributed by atoms with van der Waals surface area (Å²) in [7, 11) is 0. The Kier molecular flexibility index (Phi) is 9.60. The van der Waals surface area contributed by atoms with Crippen LogP contribution in [0.15, 0.2) is 158 Å². The molecule has 7 rings (SSSR count). The maximum atomic E-state index is 13.9. The van der Waals surface area contributed by atoms with E-state index in [1.807, 2.05) is 91.0 Å². The molecule has 0 aliphatic rings. The molecular formula is C44H37N3O3. The molecule has 6 heteroatoms. The van der Waals surface area contributed by atoms with Crippen LogP contribution in [0.25, 0.3) is 32.8 Å². The number of nitrogens with one attached hydrogen (secondary N) is 2. The highest BCUT2D eigenvalue weighted by atomic mass is 16.3. The molecule has 0 saturated carbocycles. The van der Waals surface area contributed by atoms with Gasteiger partial charge in [-0.15, -0.1) is 0 Å². The van der Waals surface area contributed by atoms with Gasteiger partial charge in [0.2, 0.25) is 5.91 Å². The van der Waals surface area contributed by atoms with Crippen LogP contribution < -0.4 is 10.6 Å². The first-order valence-electron chi connectivity index (χ1n) is 16.9. The first-order chi connectivity index (χ1) is 24.5. The van der Waals surface area contributed by atoms with Crippen LogP contribution in [0.4, 0.5) is 0 Å². The number of amides is 2. The Morgan fingerprint density at radius 2 is 1.34 bits per heavy atom. The number of fused-ring (bicyclic) bond motifs is 2. The lowest BCUT2D eigenvalue weighted by Crippen LogP contribution is -2.48. The van der Waals surface area contributed by atoms with Crippen LogP contribution >= 0.6 is 0 Å². The van der Waals surface area contributed by atoms with Gasteiger partial charge in [-0.3, -0.25) is 14.6 Å². The minimum Gasteiger partial charge on any atom is -0.506 e. The van der Waals surface area contributed by atoms with Gasteiger partial charge in [0, 0.05) is 36.0 Å². The van der Waals surface area contributed by atoms with E-state index in [-0.39, 0.29) is 23.5 Å². The zero-order valence-corrected chi connectivity index (χ0v) is 27.5. The van der Waals surface area contributed by atoms with Gasteiger partial charge in [-0.2, -0.15) is 0 Å². The van der Waals surface area contributed by atoms with E-state index in [1.165, 1.54) is 11.1 Å². The molecule has 0 radical (unpaired) electrons. The van der Waals surface area contributed by atoms with Crippen molar-refractivity contribution in [2.45, 2.75) is 24.8 Å². The van der Waals surface area contributed by atoms with Crippen LogP contribution in [0.3, 0.4) is 0 Å². The zero-order valence-electron chi connectivity index (χ0n) is 27.5. The number of nitrogens with zero attached hydrogens (tertiary/aromatic N) is 1. The largest absolute Gasteiger partial charge is 0.506 e. The lowest BCUT2D eigenvalue weighted by Gasteiger charge is -2.22. The highest BCUT2D eigenvalue weighted by Gasteiger charge is 2.23. The average molecular weight is 656 g/mol. The second-order valence-corrected chi connectivity index (χ2v) is 12.5. The van der Waals surface area contributed by atoms with E-state index in [1.54, 1.807) is 30.5 Å². The number of carbonyl (C=O) groups is 2. The van der Waals surface area contributed by atoms with Crippen LogP contribution in [-0.2, 0) is 11.2 Å². The van der Waals surface area contributed by atoms with Crippen molar-refractivity contribution in [2.24, 2.45) is 0 Å². The summed E-state index contributed by atoms with van der Waals surface area (Å²) in [6.45, 7) is 0.438. The van der Waals surface area contributed by atoms with Crippen molar-refractivity contribution in [2.75, 3.05) is 6.54 Å². The summed E-state index contributed by atoms with van der Waals surface area (Å²) in [4.78, 5) is 32.0. The Bertz CT molecular complexity index is 2230. The standard InChI is InChI=1S/C44H37N3O3/c48-41-29-38(28-36-19-10-23-45-42(36)41)35-17-9-18-37(27-35)43(49)47-40(26-30-20-21-31-11-7-8-16-34(31)25-30)44(50)46-24-22-39(32-12-3-1-4-13-32)33-14-5-2-6-15-33/h1-21,23,25,27-29,39-40,48H,22,24,26H2,(H,46,50)(H,47,49)/t40-/m0/s1. The van der Waals surface area contributed by atoms with Crippen LogP contribution in [0.5, 0.6) is 5.75 Å². The Hall–Kier alpha value is -6.27. The van der Waals surface area contributed by atoms with E-state index in [0.717, 1.165) is 32.8 Å². The number of phenols is 1. The number of phenolic OH excluding ortho intramolecular Hbond substituents is 1. The number of aromatic hydroxyl groups is 1. The van der Waals surface area contributed by atoms with Crippen LogP contribution in [0.1, 0.15) is 39.4 Å². The summed E-state index contributed by atoms with van der Waals surface area (Å²) in [5.41, 5.74) is 5.78. The minimum absolute atomic E-state index is 0.0712. The normalized spacial score (nSPS) is 11.8. The summed E-state index contributed by atoms with van der Waals surface area (Å²) < 4.78 is 0. The third kappa shape index (κ3) is 7.40. The maximum absolute atomic E-state index is 13.9. The fourth-order valence-corrected chi connectivity index (χ4v) is 6.59. The second kappa shape index (κ2) is 14.9. The summed E-state index contributed by atoms with van der Waals surface area (Å²) in [6.07, 6.45) is 2.67. The van der Waals surface area contributed by atoms with Crippen molar-refractivity contribution < 1.29 is 14.7 Å². The quantitative estimate of drug-likeness (QED) is 0.130. The third-order valence-electron chi connectivity index (χ3n) is 9.15. The third-order valence-corrected chi connectivity index (χ3v) is 9.15. The van der Waals surface area contributed by atoms with Gasteiger partial charge < -0.3 is 15.7 Å². The summed E-state index contributed by atoms with van der Waals surface area (Å²) in [5.74, 6) is -0.415. The van der Waals surface area contributed by atoms with Gasteiger partial charge in [0.25, 0.3) is 5.91 Å².